The van der Waals surface area contributed by atoms with Gasteiger partial charge in [-0.25, -0.2) is 4.57 Å². The van der Waals surface area contributed by atoms with Crippen LogP contribution >= 0.6 is 7.82 Å². The maximum atomic E-state index is 12.5. The molecule has 48 heavy (non-hydrogen) atoms. The van der Waals surface area contributed by atoms with Crippen molar-refractivity contribution in [3.8, 4) is 0 Å². The molecule has 0 bridgehead atoms. The zero-order valence-electron chi connectivity index (χ0n) is 30.7. The average Bonchev–Trinajstić information content (AvgIpc) is 3.02. The lowest BCUT2D eigenvalue weighted by Crippen LogP contribution is -2.37. The normalized spacial score (nSPS) is 14.5. The third-order valence-electron chi connectivity index (χ3n) is 7.05. The number of rotatable bonds is 31. The van der Waals surface area contributed by atoms with Crippen molar-refractivity contribution in [1.29, 1.82) is 0 Å². The molecule has 0 aromatic heterocycles. The Hall–Kier alpha value is -2.29. The molecule has 10 heteroatoms. The number of ether oxygens (including phenoxy) is 2. The van der Waals surface area contributed by atoms with E-state index >= 15 is 0 Å². The molecule has 0 saturated carbocycles. The van der Waals surface area contributed by atoms with Crippen molar-refractivity contribution in [2.45, 2.75) is 123 Å². The fourth-order valence-electron chi connectivity index (χ4n) is 4.18. The highest BCUT2D eigenvalue weighted by atomic mass is 31.2. The minimum absolute atomic E-state index is 0.0151. The molecule has 0 aliphatic heterocycles. The van der Waals surface area contributed by atoms with Gasteiger partial charge in [-0.05, 0) is 57.8 Å². The van der Waals surface area contributed by atoms with Crippen molar-refractivity contribution in [2.24, 2.45) is 0 Å². The molecule has 0 aliphatic rings. The van der Waals surface area contributed by atoms with Crippen LogP contribution in [0.3, 0.4) is 0 Å². The predicted molar refractivity (Wildman–Crippen MR) is 196 cm³/mol. The largest absolute Gasteiger partial charge is 0.472 e. The van der Waals surface area contributed by atoms with Crippen molar-refractivity contribution < 1.29 is 42.1 Å². The summed E-state index contributed by atoms with van der Waals surface area (Å²) in [4.78, 5) is 35.0. The molecule has 2 unspecified atom stereocenters. The van der Waals surface area contributed by atoms with Gasteiger partial charge in [-0.15, -0.1) is 0 Å². The number of phosphoric ester groups is 1. The van der Waals surface area contributed by atoms with Crippen LogP contribution in [0, 0.1) is 0 Å². The van der Waals surface area contributed by atoms with E-state index in [0.29, 0.717) is 23.9 Å². The Morgan fingerprint density at radius 3 is 1.85 bits per heavy atom. The lowest BCUT2D eigenvalue weighted by molar-refractivity contribution is -0.870. The van der Waals surface area contributed by atoms with Gasteiger partial charge in [0.15, 0.2) is 6.10 Å². The van der Waals surface area contributed by atoms with Crippen molar-refractivity contribution in [1.82, 2.24) is 0 Å². The molecule has 0 heterocycles. The maximum Gasteiger partial charge on any atom is 0.472 e. The molecule has 0 rings (SSSR count). The second-order valence-corrected chi connectivity index (χ2v) is 14.3. The van der Waals surface area contributed by atoms with Crippen molar-refractivity contribution >= 4 is 19.8 Å². The summed E-state index contributed by atoms with van der Waals surface area (Å²) in [5.41, 5.74) is 0. The fraction of sp³-hybridized carbons (Fsp3) is 0.684. The third kappa shape index (κ3) is 33.6. The minimum atomic E-state index is -4.39. The van der Waals surface area contributed by atoms with Gasteiger partial charge in [0.1, 0.15) is 19.8 Å². The summed E-state index contributed by atoms with van der Waals surface area (Å²) in [6.45, 7) is 4.13. The number of carbonyl (C=O) groups is 2. The van der Waals surface area contributed by atoms with Crippen LogP contribution in [0.25, 0.3) is 0 Å². The van der Waals surface area contributed by atoms with Crippen LogP contribution in [0.15, 0.2) is 60.8 Å². The van der Waals surface area contributed by atoms with Crippen LogP contribution in [0.1, 0.15) is 117 Å². The maximum absolute atomic E-state index is 12.5. The summed E-state index contributed by atoms with van der Waals surface area (Å²) >= 11 is 0. The van der Waals surface area contributed by atoms with Gasteiger partial charge in [0.2, 0.25) is 0 Å². The van der Waals surface area contributed by atoms with E-state index in [1.165, 1.54) is 12.8 Å². The van der Waals surface area contributed by atoms with Gasteiger partial charge in [0, 0.05) is 12.8 Å². The Balaban J connectivity index is 4.62. The fourth-order valence-corrected chi connectivity index (χ4v) is 4.92. The second-order valence-electron chi connectivity index (χ2n) is 12.9. The highest BCUT2D eigenvalue weighted by Crippen LogP contribution is 2.43. The SMILES string of the molecule is CC/C=C\C/C=C\C/C=C\C/C=C\CCC(=O)OC(COC(=O)CCCCCCC/C=C\CCCC)COP(=O)(O)OCC[N+](C)(C)C. The van der Waals surface area contributed by atoms with E-state index in [9.17, 15) is 19.0 Å². The van der Waals surface area contributed by atoms with E-state index in [-0.39, 0.29) is 26.1 Å². The molecular weight excluding hydrogens is 629 g/mol. The van der Waals surface area contributed by atoms with Crippen LogP contribution in [-0.4, -0.2) is 74.9 Å². The predicted octanol–water partition coefficient (Wildman–Crippen LogP) is 9.34. The Morgan fingerprint density at radius 2 is 1.23 bits per heavy atom. The average molecular weight is 697 g/mol. The van der Waals surface area contributed by atoms with Crippen molar-refractivity contribution in [3.05, 3.63) is 60.8 Å². The van der Waals surface area contributed by atoms with E-state index in [4.69, 9.17) is 18.5 Å². The lowest BCUT2D eigenvalue weighted by Gasteiger charge is -2.24. The van der Waals surface area contributed by atoms with Gasteiger partial charge >= 0.3 is 19.8 Å². The number of carbonyl (C=O) groups excluding carboxylic acids is 2. The molecule has 2 atom stereocenters. The Morgan fingerprint density at radius 1 is 0.667 bits per heavy atom. The van der Waals surface area contributed by atoms with Crippen LogP contribution in [-0.2, 0) is 32.7 Å². The summed E-state index contributed by atoms with van der Waals surface area (Å²) in [6.07, 6.45) is 34.4. The van der Waals surface area contributed by atoms with Crippen LogP contribution < -0.4 is 0 Å². The standard InChI is InChI=1S/C38H66NO8P/c1-6-8-10-12-14-16-18-19-21-23-25-27-29-31-38(41)47-36(35-46-48(42,43)45-33-32-39(3,4)5)34-44-37(40)30-28-26-24-22-20-17-15-13-11-9-7-2/h8,10,13-16,19,21,25,27,36H,6-7,9,11-12,17-18,20,22-24,26,28-35H2,1-5H3/p+1/b10-8-,15-13-,16-14-,21-19-,27-25-. The number of esters is 2. The summed E-state index contributed by atoms with van der Waals surface area (Å²) < 4.78 is 34.0. The Kier molecular flexibility index (Phi) is 29.3. The van der Waals surface area contributed by atoms with Gasteiger partial charge < -0.3 is 18.9 Å². The van der Waals surface area contributed by atoms with Gasteiger partial charge in [0.05, 0.1) is 27.7 Å². The molecule has 9 nitrogen and oxygen atoms in total. The van der Waals surface area contributed by atoms with Gasteiger partial charge in [-0.2, -0.15) is 0 Å². The molecule has 276 valence electrons. The Bertz CT molecular complexity index is 1010. The molecule has 0 saturated heterocycles. The second kappa shape index (κ2) is 30.7. The zero-order valence-corrected chi connectivity index (χ0v) is 31.6. The molecule has 0 spiro atoms. The molecular formula is C38H67NO8P+. The number of likely N-dealkylation sites (N-methyl/N-ethyl adjacent to an activating group) is 1. The first-order valence-corrected chi connectivity index (χ1v) is 19.5. The molecule has 0 aromatic carbocycles. The van der Waals surface area contributed by atoms with E-state index in [1.807, 2.05) is 33.3 Å². The lowest BCUT2D eigenvalue weighted by atomic mass is 10.1. The quantitative estimate of drug-likeness (QED) is 0.0251. The molecule has 0 amide bonds. The molecule has 1 N–H and O–H groups in total. The first-order valence-electron chi connectivity index (χ1n) is 18.0. The highest BCUT2D eigenvalue weighted by Gasteiger charge is 2.27. The first-order chi connectivity index (χ1) is 23.0. The summed E-state index contributed by atoms with van der Waals surface area (Å²) in [7, 11) is 1.42. The van der Waals surface area contributed by atoms with E-state index < -0.39 is 32.5 Å². The number of hydrogen-bond acceptors (Lipinski definition) is 7. The highest BCUT2D eigenvalue weighted by molar-refractivity contribution is 7.47. The van der Waals surface area contributed by atoms with Crippen molar-refractivity contribution in [3.63, 3.8) is 0 Å². The van der Waals surface area contributed by atoms with Gasteiger partial charge in [0.25, 0.3) is 0 Å². The zero-order chi connectivity index (χ0) is 35.8. The summed E-state index contributed by atoms with van der Waals surface area (Å²) in [5, 5.41) is 0. The minimum Gasteiger partial charge on any atom is -0.462 e. The number of hydrogen-bond donors (Lipinski definition) is 1. The van der Waals surface area contributed by atoms with E-state index in [2.05, 4.69) is 62.5 Å². The topological polar surface area (TPSA) is 108 Å². The third-order valence-corrected chi connectivity index (χ3v) is 8.03. The number of unbranched alkanes of at least 4 members (excludes halogenated alkanes) is 7. The first kappa shape index (κ1) is 45.7. The van der Waals surface area contributed by atoms with Crippen LogP contribution in [0.2, 0.25) is 0 Å². The molecule has 0 aliphatic carbocycles. The molecule has 0 radical (unpaired) electrons. The van der Waals surface area contributed by atoms with Gasteiger partial charge in [-0.1, -0.05) is 107 Å². The molecule has 0 fully saturated rings. The summed E-state index contributed by atoms with van der Waals surface area (Å²) in [6, 6.07) is 0. The van der Waals surface area contributed by atoms with E-state index in [1.54, 1.807) is 0 Å². The van der Waals surface area contributed by atoms with E-state index in [0.717, 1.165) is 64.2 Å². The number of nitrogens with zero attached hydrogens (tertiary/aromatic N) is 1. The van der Waals surface area contributed by atoms with Crippen LogP contribution in [0.4, 0.5) is 0 Å². The number of phosphoric acid groups is 1. The molecule has 0 aromatic rings. The smallest absolute Gasteiger partial charge is 0.462 e. The van der Waals surface area contributed by atoms with Crippen LogP contribution in [0.5, 0.6) is 0 Å². The van der Waals surface area contributed by atoms with Gasteiger partial charge in [-0.3, -0.25) is 18.6 Å². The number of quaternary nitrogens is 1. The summed E-state index contributed by atoms with van der Waals surface area (Å²) in [5.74, 6) is -0.915. The number of allylic oxidation sites excluding steroid dienone is 10. The monoisotopic (exact) mass is 696 g/mol. The van der Waals surface area contributed by atoms with Crippen molar-refractivity contribution in [2.75, 3.05) is 47.5 Å². The Labute approximate surface area is 292 Å².